The lowest BCUT2D eigenvalue weighted by Crippen LogP contribution is -1.85. The van der Waals surface area contributed by atoms with Crippen LogP contribution >= 0.6 is 11.3 Å². The van der Waals surface area contributed by atoms with Gasteiger partial charge in [-0.05, 0) is 23.6 Å². The number of rotatable bonds is 2. The molecule has 76 valence electrons. The molecule has 2 aromatic rings. The lowest BCUT2D eigenvalue weighted by atomic mass is 10.0. The average molecular weight is 216 g/mol. The topological polar surface area (TPSA) is 36.7 Å². The van der Waals surface area contributed by atoms with Crippen LogP contribution in [0.1, 0.15) is 30.3 Å². The van der Waals surface area contributed by atoms with Gasteiger partial charge in [-0.15, -0.1) is 11.3 Å². The molecule has 1 heterocycles. The molecule has 0 amide bonds. The fourth-order valence-electron chi connectivity index (χ4n) is 1.49. The van der Waals surface area contributed by atoms with Gasteiger partial charge in [0.15, 0.2) is 0 Å². The largest absolute Gasteiger partial charge is 0.240 e. The molecule has 0 N–H and O–H groups in total. The van der Waals surface area contributed by atoms with Crippen LogP contribution in [0, 0.1) is 11.3 Å². The first-order valence-electron chi connectivity index (χ1n) is 4.97. The Balaban J connectivity index is 2.48. The molecule has 0 saturated heterocycles. The van der Waals surface area contributed by atoms with E-state index < -0.39 is 0 Å². The number of benzene rings is 1. The van der Waals surface area contributed by atoms with Crippen LogP contribution in [0.25, 0.3) is 10.2 Å². The van der Waals surface area contributed by atoms with E-state index in [0.717, 1.165) is 10.5 Å². The molecule has 1 aromatic carbocycles. The maximum Gasteiger partial charge on any atom is 0.108 e. The Kier molecular flexibility index (Phi) is 2.70. The summed E-state index contributed by atoms with van der Waals surface area (Å²) in [6, 6.07) is 8.47. The Bertz CT molecular complexity index is 520. The summed E-state index contributed by atoms with van der Waals surface area (Å²) in [5, 5.41) is 9.51. The molecule has 0 radical (unpaired) electrons. The molecule has 0 bridgehead atoms. The maximum absolute atomic E-state index is 8.60. The molecular formula is C12H12N2S. The number of hydrogen-bond acceptors (Lipinski definition) is 3. The van der Waals surface area contributed by atoms with Crippen LogP contribution in [-0.2, 0) is 6.42 Å². The molecule has 0 atom stereocenters. The summed E-state index contributed by atoms with van der Waals surface area (Å²) in [5.41, 5.74) is 2.34. The van der Waals surface area contributed by atoms with Gasteiger partial charge in [-0.2, -0.15) is 5.26 Å². The lowest BCUT2D eigenvalue weighted by Gasteiger charge is -2.03. The number of nitriles is 1. The minimum absolute atomic E-state index is 0.413. The first kappa shape index (κ1) is 10.1. The fraction of sp³-hybridized carbons (Fsp3) is 0.333. The third-order valence-electron chi connectivity index (χ3n) is 2.35. The molecular weight excluding hydrogens is 204 g/mol. The van der Waals surface area contributed by atoms with Crippen LogP contribution in [0.3, 0.4) is 0 Å². The van der Waals surface area contributed by atoms with Crippen molar-refractivity contribution in [3.63, 3.8) is 0 Å². The maximum atomic E-state index is 8.60. The van der Waals surface area contributed by atoms with Crippen molar-refractivity contribution >= 4 is 21.6 Å². The first-order chi connectivity index (χ1) is 7.20. The highest BCUT2D eigenvalue weighted by Crippen LogP contribution is 2.26. The van der Waals surface area contributed by atoms with Gasteiger partial charge in [0.25, 0.3) is 0 Å². The number of hydrogen-bond donors (Lipinski definition) is 0. The van der Waals surface area contributed by atoms with E-state index >= 15 is 0 Å². The summed E-state index contributed by atoms with van der Waals surface area (Å²) in [7, 11) is 0. The zero-order valence-electron chi connectivity index (χ0n) is 8.82. The zero-order chi connectivity index (χ0) is 10.8. The van der Waals surface area contributed by atoms with E-state index in [1.165, 1.54) is 10.3 Å². The van der Waals surface area contributed by atoms with Crippen molar-refractivity contribution in [2.75, 3.05) is 0 Å². The van der Waals surface area contributed by atoms with E-state index in [4.69, 9.17) is 5.26 Å². The minimum atomic E-state index is 0.413. The normalized spacial score (nSPS) is 10.8. The molecule has 0 spiro atoms. The fourth-order valence-corrected chi connectivity index (χ4v) is 2.44. The molecule has 1 aromatic heterocycles. The van der Waals surface area contributed by atoms with Gasteiger partial charge >= 0.3 is 0 Å². The van der Waals surface area contributed by atoms with Crippen LogP contribution in [0.4, 0.5) is 0 Å². The summed E-state index contributed by atoms with van der Waals surface area (Å²) < 4.78 is 1.19. The highest BCUT2D eigenvalue weighted by molar-refractivity contribution is 7.18. The highest BCUT2D eigenvalue weighted by Gasteiger charge is 2.05. The van der Waals surface area contributed by atoms with Crippen LogP contribution < -0.4 is 0 Å². The lowest BCUT2D eigenvalue weighted by molar-refractivity contribution is 0.869. The first-order valence-corrected chi connectivity index (χ1v) is 5.78. The predicted molar refractivity (Wildman–Crippen MR) is 63.0 cm³/mol. The van der Waals surface area contributed by atoms with Gasteiger partial charge in [0.05, 0.1) is 22.7 Å². The van der Waals surface area contributed by atoms with Crippen LogP contribution in [0.5, 0.6) is 0 Å². The number of fused-ring (bicyclic) bond motifs is 1. The van der Waals surface area contributed by atoms with E-state index in [1.807, 2.05) is 6.07 Å². The zero-order valence-corrected chi connectivity index (χ0v) is 9.64. The number of nitrogens with zero attached hydrogens (tertiary/aromatic N) is 2. The third kappa shape index (κ3) is 2.00. The molecule has 0 aliphatic heterocycles. The molecule has 0 saturated carbocycles. The summed E-state index contributed by atoms with van der Waals surface area (Å²) in [5.74, 6) is 0.538. The van der Waals surface area contributed by atoms with Gasteiger partial charge in [0.1, 0.15) is 5.01 Å². The molecule has 0 fully saturated rings. The van der Waals surface area contributed by atoms with E-state index in [2.05, 4.69) is 37.0 Å². The van der Waals surface area contributed by atoms with Gasteiger partial charge in [-0.1, -0.05) is 19.9 Å². The molecule has 0 unspecified atom stereocenters. The Morgan fingerprint density at radius 3 is 2.93 bits per heavy atom. The second-order valence-electron chi connectivity index (χ2n) is 3.82. The van der Waals surface area contributed by atoms with E-state index in [-0.39, 0.29) is 0 Å². The van der Waals surface area contributed by atoms with Crippen molar-refractivity contribution in [2.24, 2.45) is 0 Å². The second kappa shape index (κ2) is 4.00. The van der Waals surface area contributed by atoms with Gasteiger partial charge in [0, 0.05) is 0 Å². The molecule has 3 heteroatoms. The Morgan fingerprint density at radius 1 is 1.47 bits per heavy atom. The average Bonchev–Trinajstić information content (AvgIpc) is 2.59. The monoisotopic (exact) mass is 216 g/mol. The Hall–Kier alpha value is -1.40. The van der Waals surface area contributed by atoms with Gasteiger partial charge in [0.2, 0.25) is 0 Å². The quantitative estimate of drug-likeness (QED) is 0.770. The molecule has 2 rings (SSSR count). The van der Waals surface area contributed by atoms with Crippen molar-refractivity contribution < 1.29 is 0 Å². The van der Waals surface area contributed by atoms with Crippen LogP contribution in [-0.4, -0.2) is 4.98 Å². The van der Waals surface area contributed by atoms with Gasteiger partial charge in [-0.3, -0.25) is 0 Å². The molecule has 15 heavy (non-hydrogen) atoms. The second-order valence-corrected chi connectivity index (χ2v) is 4.94. The molecule has 2 nitrogen and oxygen atoms in total. The summed E-state index contributed by atoms with van der Waals surface area (Å²) >= 11 is 1.62. The van der Waals surface area contributed by atoms with Gasteiger partial charge < -0.3 is 0 Å². The third-order valence-corrected chi connectivity index (χ3v) is 3.37. The molecule has 0 aliphatic rings. The SMILES string of the molecule is CC(C)c1ccc2nc(CC#N)sc2c1. The van der Waals surface area contributed by atoms with E-state index in [9.17, 15) is 0 Å². The van der Waals surface area contributed by atoms with Crippen molar-refractivity contribution in [3.8, 4) is 6.07 Å². The summed E-state index contributed by atoms with van der Waals surface area (Å²) in [6.07, 6.45) is 0.413. The standard InChI is InChI=1S/C12H12N2S/c1-8(2)9-3-4-10-11(7-9)15-12(14-10)5-6-13/h3-4,7-8H,5H2,1-2H3. The van der Waals surface area contributed by atoms with Crippen molar-refractivity contribution in [1.82, 2.24) is 4.98 Å². The molecule has 0 aliphatic carbocycles. The Labute approximate surface area is 93.2 Å². The number of aromatic nitrogens is 1. The van der Waals surface area contributed by atoms with Gasteiger partial charge in [-0.25, -0.2) is 4.98 Å². The van der Waals surface area contributed by atoms with Crippen molar-refractivity contribution in [3.05, 3.63) is 28.8 Å². The minimum Gasteiger partial charge on any atom is -0.240 e. The van der Waals surface area contributed by atoms with Crippen molar-refractivity contribution in [1.29, 1.82) is 5.26 Å². The number of thiazole rings is 1. The summed E-state index contributed by atoms with van der Waals surface area (Å²) in [6.45, 7) is 4.36. The van der Waals surface area contributed by atoms with Crippen molar-refractivity contribution in [2.45, 2.75) is 26.2 Å². The van der Waals surface area contributed by atoms with E-state index in [0.29, 0.717) is 12.3 Å². The van der Waals surface area contributed by atoms with Crippen LogP contribution in [0.15, 0.2) is 18.2 Å². The smallest absolute Gasteiger partial charge is 0.108 e. The Morgan fingerprint density at radius 2 is 2.27 bits per heavy atom. The van der Waals surface area contributed by atoms with E-state index in [1.54, 1.807) is 11.3 Å². The predicted octanol–water partition coefficient (Wildman–Crippen LogP) is 3.49. The summed E-state index contributed by atoms with van der Waals surface area (Å²) in [4.78, 5) is 4.40. The van der Waals surface area contributed by atoms with Crippen LogP contribution in [0.2, 0.25) is 0 Å². The highest BCUT2D eigenvalue weighted by atomic mass is 32.1.